The lowest BCUT2D eigenvalue weighted by molar-refractivity contribution is -0.140. The van der Waals surface area contributed by atoms with Crippen molar-refractivity contribution < 1.29 is 23.8 Å². The molecule has 2 heterocycles. The smallest absolute Gasteiger partial charge is 0.306 e. The van der Waals surface area contributed by atoms with E-state index in [2.05, 4.69) is 9.84 Å². The van der Waals surface area contributed by atoms with Crippen LogP contribution >= 0.6 is 0 Å². The van der Waals surface area contributed by atoms with Crippen LogP contribution in [-0.4, -0.2) is 35.1 Å². The molecule has 8 nitrogen and oxygen atoms in total. The first-order valence-electron chi connectivity index (χ1n) is 6.86. The third kappa shape index (κ3) is 3.78. The number of aromatic hydroxyl groups is 1. The minimum atomic E-state index is -0.694. The molecule has 0 saturated heterocycles. The number of aryl methyl sites for hydroxylation is 1. The minimum absolute atomic E-state index is 0.0112. The molecular formula is C15H18N2O6. The second-order valence-corrected chi connectivity index (χ2v) is 5.00. The molecule has 0 aliphatic rings. The van der Waals surface area contributed by atoms with E-state index in [0.717, 1.165) is 6.07 Å². The van der Waals surface area contributed by atoms with Gasteiger partial charge in [-0.2, -0.15) is 5.10 Å². The molecule has 1 N–H and O–H groups in total. The molecule has 0 aliphatic carbocycles. The molecule has 2 rings (SSSR count). The molecule has 0 radical (unpaired) electrons. The molecule has 0 amide bonds. The van der Waals surface area contributed by atoms with Gasteiger partial charge >= 0.3 is 5.97 Å². The minimum Gasteiger partial charge on any atom is -0.502 e. The van der Waals surface area contributed by atoms with Crippen molar-refractivity contribution in [1.29, 1.82) is 0 Å². The van der Waals surface area contributed by atoms with Crippen LogP contribution in [0.15, 0.2) is 27.7 Å². The maximum absolute atomic E-state index is 11.9. The lowest BCUT2D eigenvalue weighted by Gasteiger charge is -2.15. The quantitative estimate of drug-likeness (QED) is 0.789. The fraction of sp³-hybridized carbons (Fsp3) is 0.400. The summed E-state index contributed by atoms with van der Waals surface area (Å²) in [6.45, 7) is 0.0699. The maximum atomic E-state index is 11.9. The summed E-state index contributed by atoms with van der Waals surface area (Å²) >= 11 is 0. The highest BCUT2D eigenvalue weighted by molar-refractivity contribution is 5.71. The summed E-state index contributed by atoms with van der Waals surface area (Å²) in [6.07, 6.45) is 3.11. The van der Waals surface area contributed by atoms with Crippen molar-refractivity contribution in [2.75, 3.05) is 14.2 Å². The molecule has 0 aromatic carbocycles. The van der Waals surface area contributed by atoms with Crippen LogP contribution in [-0.2, 0) is 27.9 Å². The Labute approximate surface area is 132 Å². The third-order valence-electron chi connectivity index (χ3n) is 3.33. The van der Waals surface area contributed by atoms with Gasteiger partial charge in [0.05, 0.1) is 25.6 Å². The van der Waals surface area contributed by atoms with Gasteiger partial charge in [0.25, 0.3) is 0 Å². The molecule has 1 unspecified atom stereocenters. The molecule has 0 saturated carbocycles. The van der Waals surface area contributed by atoms with E-state index in [-0.39, 0.29) is 24.5 Å². The van der Waals surface area contributed by atoms with Crippen molar-refractivity contribution in [3.8, 4) is 5.75 Å². The Bertz CT molecular complexity index is 749. The first-order valence-corrected chi connectivity index (χ1v) is 6.86. The zero-order valence-corrected chi connectivity index (χ0v) is 13.1. The summed E-state index contributed by atoms with van der Waals surface area (Å²) in [4.78, 5) is 23.6. The van der Waals surface area contributed by atoms with Gasteiger partial charge in [0.15, 0.2) is 5.76 Å². The summed E-state index contributed by atoms with van der Waals surface area (Å²) in [5, 5.41) is 14.1. The van der Waals surface area contributed by atoms with Crippen LogP contribution in [0.4, 0.5) is 0 Å². The number of esters is 1. The first kappa shape index (κ1) is 16.8. The second kappa shape index (κ2) is 7.10. The van der Waals surface area contributed by atoms with Crippen LogP contribution in [0.3, 0.4) is 0 Å². The molecule has 23 heavy (non-hydrogen) atoms. The Balaban J connectivity index is 2.54. The van der Waals surface area contributed by atoms with Crippen molar-refractivity contribution in [2.24, 2.45) is 7.05 Å². The fourth-order valence-corrected chi connectivity index (χ4v) is 2.24. The SMILES string of the molecule is COCc1cc(=O)c(O)c(C(CC(=O)OC)c2cnn(C)c2)o1. The van der Waals surface area contributed by atoms with E-state index in [1.165, 1.54) is 20.4 Å². The average Bonchev–Trinajstić information content (AvgIpc) is 2.95. The molecule has 1 atom stereocenters. The normalized spacial score (nSPS) is 12.1. The van der Waals surface area contributed by atoms with E-state index in [9.17, 15) is 14.7 Å². The largest absolute Gasteiger partial charge is 0.502 e. The van der Waals surface area contributed by atoms with Crippen molar-refractivity contribution in [3.63, 3.8) is 0 Å². The van der Waals surface area contributed by atoms with Gasteiger partial charge in [-0.3, -0.25) is 14.3 Å². The van der Waals surface area contributed by atoms with Crippen molar-refractivity contribution in [1.82, 2.24) is 9.78 Å². The topological polar surface area (TPSA) is 104 Å². The number of hydrogen-bond donors (Lipinski definition) is 1. The number of hydrogen-bond acceptors (Lipinski definition) is 7. The van der Waals surface area contributed by atoms with Gasteiger partial charge < -0.3 is 19.0 Å². The molecule has 0 bridgehead atoms. The second-order valence-electron chi connectivity index (χ2n) is 5.00. The number of methoxy groups -OCH3 is 2. The fourth-order valence-electron chi connectivity index (χ4n) is 2.24. The van der Waals surface area contributed by atoms with E-state index in [4.69, 9.17) is 9.15 Å². The summed E-state index contributed by atoms with van der Waals surface area (Å²) in [7, 11) is 4.44. The van der Waals surface area contributed by atoms with Crippen molar-refractivity contribution in [2.45, 2.75) is 18.9 Å². The molecule has 8 heteroatoms. The number of rotatable bonds is 6. The number of carbonyl (C=O) groups excluding carboxylic acids is 1. The number of ether oxygens (including phenoxy) is 2. The molecule has 0 aliphatic heterocycles. The van der Waals surface area contributed by atoms with Crippen LogP contribution in [0.25, 0.3) is 0 Å². The predicted molar refractivity (Wildman–Crippen MR) is 79.0 cm³/mol. The summed E-state index contributed by atoms with van der Waals surface area (Å²) in [5.41, 5.74) is 0.0166. The number of aromatic nitrogens is 2. The highest BCUT2D eigenvalue weighted by Crippen LogP contribution is 2.33. The first-order chi connectivity index (χ1) is 11.0. The zero-order chi connectivity index (χ0) is 17.0. The Morgan fingerprint density at radius 1 is 1.48 bits per heavy atom. The van der Waals surface area contributed by atoms with E-state index < -0.39 is 23.1 Å². The van der Waals surface area contributed by atoms with Crippen LogP contribution in [0.5, 0.6) is 5.75 Å². The van der Waals surface area contributed by atoms with E-state index >= 15 is 0 Å². The summed E-state index contributed by atoms with van der Waals surface area (Å²) in [6, 6.07) is 1.15. The monoisotopic (exact) mass is 322 g/mol. The Kier molecular flexibility index (Phi) is 5.17. The van der Waals surface area contributed by atoms with Gasteiger partial charge in [0, 0.05) is 32.0 Å². The third-order valence-corrected chi connectivity index (χ3v) is 3.33. The van der Waals surface area contributed by atoms with Crippen LogP contribution in [0.1, 0.15) is 29.4 Å². The Morgan fingerprint density at radius 3 is 2.78 bits per heavy atom. The van der Waals surface area contributed by atoms with Crippen LogP contribution in [0.2, 0.25) is 0 Å². The van der Waals surface area contributed by atoms with Crippen LogP contribution in [0, 0.1) is 0 Å². The molecule has 0 spiro atoms. The number of carbonyl (C=O) groups is 1. The van der Waals surface area contributed by atoms with Crippen molar-refractivity contribution >= 4 is 5.97 Å². The summed E-state index contributed by atoms with van der Waals surface area (Å²) < 4.78 is 16.8. The molecule has 0 fully saturated rings. The van der Waals surface area contributed by atoms with Gasteiger partial charge in [-0.15, -0.1) is 0 Å². The molecule has 2 aromatic rings. The Morgan fingerprint density at radius 2 is 2.22 bits per heavy atom. The van der Waals surface area contributed by atoms with Gasteiger partial charge in [0.2, 0.25) is 11.2 Å². The lowest BCUT2D eigenvalue weighted by Crippen LogP contribution is -2.14. The van der Waals surface area contributed by atoms with Gasteiger partial charge in [-0.25, -0.2) is 0 Å². The van der Waals surface area contributed by atoms with Gasteiger partial charge in [-0.05, 0) is 0 Å². The van der Waals surface area contributed by atoms with Crippen LogP contribution < -0.4 is 5.43 Å². The van der Waals surface area contributed by atoms with Crippen molar-refractivity contribution in [3.05, 3.63) is 45.8 Å². The zero-order valence-electron chi connectivity index (χ0n) is 13.1. The van der Waals surface area contributed by atoms with Gasteiger partial charge in [0.1, 0.15) is 12.4 Å². The molecular weight excluding hydrogens is 304 g/mol. The molecule has 2 aromatic heterocycles. The van der Waals surface area contributed by atoms with E-state index in [1.807, 2.05) is 0 Å². The lowest BCUT2D eigenvalue weighted by atomic mass is 9.95. The predicted octanol–water partition coefficient (Wildman–Crippen LogP) is 0.920. The maximum Gasteiger partial charge on any atom is 0.306 e. The van der Waals surface area contributed by atoms with E-state index in [1.54, 1.807) is 17.9 Å². The molecule has 124 valence electrons. The highest BCUT2D eigenvalue weighted by Gasteiger charge is 2.27. The average molecular weight is 322 g/mol. The highest BCUT2D eigenvalue weighted by atomic mass is 16.5. The Hall–Kier alpha value is -2.61. The number of nitrogens with zero attached hydrogens (tertiary/aromatic N) is 2. The summed E-state index contributed by atoms with van der Waals surface area (Å²) in [5.74, 6) is -1.49. The van der Waals surface area contributed by atoms with Gasteiger partial charge in [-0.1, -0.05) is 0 Å². The standard InChI is InChI=1S/C15H18N2O6/c1-17-7-9(6-16-17)11(5-13(19)22-3)15-14(20)12(18)4-10(23-15)8-21-2/h4,6-7,11,20H,5,8H2,1-3H3. The van der Waals surface area contributed by atoms with E-state index in [0.29, 0.717) is 5.56 Å².